The number of aromatic amines is 2. The third-order valence-corrected chi connectivity index (χ3v) is 13.1. The summed E-state index contributed by atoms with van der Waals surface area (Å²) in [5.41, 5.74) is 7.34. The van der Waals surface area contributed by atoms with E-state index >= 15 is 0 Å². The zero-order valence-corrected chi connectivity index (χ0v) is 37.0. The molecule has 3 aliphatic rings. The SMILES string of the molecule is COC[C@H]1C[C@@H](c2nc3c(ccc4cc(-c5ccc(-c6nc([C@@H]7CCCN7C(=O)[C@H](NC(=O)C7CC7)c7ccccc7)[nH]c6C)cc5)ccc43)[nH]2)N(C(=O)[C@@H](NC(=O)OC)C(C)C)C1. The lowest BCUT2D eigenvalue weighted by Gasteiger charge is -2.30. The Labute approximate surface area is 372 Å². The molecular formula is C50H56N8O6. The molecular weight excluding hydrogens is 809 g/mol. The van der Waals surface area contributed by atoms with Gasteiger partial charge in [0.05, 0.1) is 42.5 Å². The highest BCUT2D eigenvalue weighted by Gasteiger charge is 2.42. The molecule has 4 heterocycles. The van der Waals surface area contributed by atoms with Crippen LogP contribution in [0.25, 0.3) is 44.2 Å². The van der Waals surface area contributed by atoms with Crippen LogP contribution in [0.15, 0.2) is 84.9 Å². The van der Waals surface area contributed by atoms with Crippen molar-refractivity contribution >= 4 is 45.6 Å². The summed E-state index contributed by atoms with van der Waals surface area (Å²) >= 11 is 0. The normalized spacial score (nSPS) is 19.6. The number of carbonyl (C=O) groups is 4. The third kappa shape index (κ3) is 8.46. The molecule has 14 nitrogen and oxygen atoms in total. The number of hydrogen-bond acceptors (Lipinski definition) is 8. The van der Waals surface area contributed by atoms with Gasteiger partial charge in [-0.3, -0.25) is 14.4 Å². The number of amides is 4. The van der Waals surface area contributed by atoms with E-state index in [1.807, 2.05) is 67.0 Å². The summed E-state index contributed by atoms with van der Waals surface area (Å²) < 4.78 is 10.3. The van der Waals surface area contributed by atoms with Gasteiger partial charge in [-0.25, -0.2) is 14.8 Å². The van der Waals surface area contributed by atoms with Gasteiger partial charge < -0.3 is 39.9 Å². The lowest BCUT2D eigenvalue weighted by atomic mass is 9.99. The molecule has 5 atom stereocenters. The maximum Gasteiger partial charge on any atom is 0.407 e. The number of hydrogen-bond donors (Lipinski definition) is 4. The van der Waals surface area contributed by atoms with Crippen molar-refractivity contribution in [2.24, 2.45) is 17.8 Å². The number of nitrogens with one attached hydrogen (secondary N) is 4. The van der Waals surface area contributed by atoms with Gasteiger partial charge in [-0.1, -0.05) is 86.6 Å². The van der Waals surface area contributed by atoms with E-state index in [4.69, 9.17) is 19.4 Å². The largest absolute Gasteiger partial charge is 0.453 e. The summed E-state index contributed by atoms with van der Waals surface area (Å²) in [5.74, 6) is 1.06. The minimum atomic E-state index is -0.748. The van der Waals surface area contributed by atoms with Crippen LogP contribution in [0, 0.1) is 24.7 Å². The number of carbonyl (C=O) groups excluding carboxylic acids is 4. The fourth-order valence-corrected chi connectivity index (χ4v) is 9.58. The van der Waals surface area contributed by atoms with E-state index in [1.165, 1.54) is 7.11 Å². The molecule has 0 spiro atoms. The average molecular weight is 865 g/mol. The van der Waals surface area contributed by atoms with E-state index in [0.717, 1.165) is 87.0 Å². The number of alkyl carbamates (subject to hydrolysis) is 1. The number of nitrogens with zero attached hydrogens (tertiary/aromatic N) is 4. The van der Waals surface area contributed by atoms with Crippen molar-refractivity contribution in [2.75, 3.05) is 33.9 Å². The number of likely N-dealkylation sites (tertiary alicyclic amines) is 2. The van der Waals surface area contributed by atoms with Gasteiger partial charge in [0.15, 0.2) is 0 Å². The Morgan fingerprint density at radius 3 is 2.25 bits per heavy atom. The van der Waals surface area contributed by atoms with Gasteiger partial charge >= 0.3 is 6.09 Å². The summed E-state index contributed by atoms with van der Waals surface area (Å²) in [6.45, 7) is 7.41. The van der Waals surface area contributed by atoms with E-state index in [0.29, 0.717) is 31.9 Å². The second-order valence-electron chi connectivity index (χ2n) is 17.9. The minimum Gasteiger partial charge on any atom is -0.453 e. The van der Waals surface area contributed by atoms with Crippen LogP contribution in [0.5, 0.6) is 0 Å². The van der Waals surface area contributed by atoms with Gasteiger partial charge in [-0.2, -0.15) is 0 Å². The maximum atomic E-state index is 14.2. The molecule has 4 aromatic carbocycles. The molecule has 1 saturated carbocycles. The molecule has 0 radical (unpaired) electrons. The average Bonchev–Trinajstić information content (AvgIpc) is 3.60. The topological polar surface area (TPSA) is 175 Å². The second kappa shape index (κ2) is 17.9. The van der Waals surface area contributed by atoms with Gasteiger partial charge in [0.1, 0.15) is 23.7 Å². The van der Waals surface area contributed by atoms with E-state index in [-0.39, 0.29) is 47.6 Å². The maximum absolute atomic E-state index is 14.2. The van der Waals surface area contributed by atoms with Crippen LogP contribution in [0.3, 0.4) is 0 Å². The number of aryl methyl sites for hydroxylation is 1. The second-order valence-corrected chi connectivity index (χ2v) is 17.9. The highest BCUT2D eigenvalue weighted by molar-refractivity contribution is 6.05. The smallest absolute Gasteiger partial charge is 0.407 e. The Balaban J connectivity index is 0.933. The Kier molecular flexibility index (Phi) is 12.0. The zero-order chi connectivity index (χ0) is 44.6. The lowest BCUT2D eigenvalue weighted by Crippen LogP contribution is -2.51. The molecule has 4 amide bonds. The third-order valence-electron chi connectivity index (χ3n) is 13.1. The van der Waals surface area contributed by atoms with Crippen LogP contribution in [0.4, 0.5) is 4.79 Å². The predicted octanol–water partition coefficient (Wildman–Crippen LogP) is 7.93. The summed E-state index contributed by atoms with van der Waals surface area (Å²) in [4.78, 5) is 74.3. The van der Waals surface area contributed by atoms with E-state index in [1.54, 1.807) is 7.11 Å². The lowest BCUT2D eigenvalue weighted by molar-refractivity contribution is -0.138. The van der Waals surface area contributed by atoms with Crippen LogP contribution >= 0.6 is 0 Å². The molecule has 0 unspecified atom stereocenters. The number of rotatable bonds is 13. The molecule has 2 aromatic heterocycles. The molecule has 4 N–H and O–H groups in total. The first kappa shape index (κ1) is 42.7. The van der Waals surface area contributed by atoms with Crippen molar-refractivity contribution in [1.82, 2.24) is 40.4 Å². The monoisotopic (exact) mass is 864 g/mol. The predicted molar refractivity (Wildman–Crippen MR) is 244 cm³/mol. The number of benzene rings is 4. The molecule has 6 aromatic rings. The van der Waals surface area contributed by atoms with Crippen molar-refractivity contribution in [3.05, 3.63) is 108 Å². The molecule has 0 bridgehead atoms. The van der Waals surface area contributed by atoms with Crippen molar-refractivity contribution in [3.8, 4) is 22.4 Å². The number of aromatic nitrogens is 4. The van der Waals surface area contributed by atoms with Gasteiger partial charge in [-0.15, -0.1) is 0 Å². The standard InChI is InChI=1S/C50H56N8O6/c1-28(2)41(56-50(62)64-5)48(60)58-26-30(27-63-4)24-40(58)46-52-38-22-20-36-25-35(19-21-37(36)44(38)54-46)31-13-15-33(16-14-31)42-29(3)51-45(53-42)39-12-9-23-57(39)49(61)43(32-10-7-6-8-11-32)55-47(59)34-17-18-34/h6-8,10-11,13-16,19-22,25,28,30,34,39-41,43H,9,12,17-18,23-24,26-27H2,1-5H3,(H,51,53)(H,52,54)(H,55,59)(H,56,62)/t30-,39-,40-,41-,43+/m0/s1. The Morgan fingerprint density at radius 2 is 1.53 bits per heavy atom. The number of H-pyrrole nitrogens is 2. The van der Waals surface area contributed by atoms with Gasteiger partial charge in [0.2, 0.25) is 17.7 Å². The van der Waals surface area contributed by atoms with E-state index in [2.05, 4.69) is 69.1 Å². The first-order valence-electron chi connectivity index (χ1n) is 22.4. The summed E-state index contributed by atoms with van der Waals surface area (Å²) in [6.07, 6.45) is 3.40. The van der Waals surface area contributed by atoms with Crippen LogP contribution in [-0.4, -0.2) is 93.5 Å². The van der Waals surface area contributed by atoms with Crippen molar-refractivity contribution < 1.29 is 28.7 Å². The number of imidazole rings is 2. The van der Waals surface area contributed by atoms with Crippen molar-refractivity contribution in [3.63, 3.8) is 0 Å². The minimum absolute atomic E-state index is 0.00753. The quantitative estimate of drug-likeness (QED) is 0.0906. The first-order valence-corrected chi connectivity index (χ1v) is 22.4. The van der Waals surface area contributed by atoms with Crippen LogP contribution in [-0.2, 0) is 23.9 Å². The van der Waals surface area contributed by atoms with Crippen molar-refractivity contribution in [2.45, 2.75) is 77.0 Å². The Morgan fingerprint density at radius 1 is 0.797 bits per heavy atom. The fourth-order valence-electron chi connectivity index (χ4n) is 9.58. The van der Waals surface area contributed by atoms with Gasteiger partial charge in [0, 0.05) is 48.7 Å². The summed E-state index contributed by atoms with van der Waals surface area (Å²) in [7, 11) is 2.96. The molecule has 332 valence electrons. The Bertz CT molecular complexity index is 2690. The molecule has 2 saturated heterocycles. The number of ether oxygens (including phenoxy) is 2. The van der Waals surface area contributed by atoms with Crippen molar-refractivity contribution in [1.29, 1.82) is 0 Å². The fraction of sp³-hybridized carbons (Fsp3) is 0.400. The molecule has 3 fully saturated rings. The van der Waals surface area contributed by atoms with Crippen LogP contribution in [0.2, 0.25) is 0 Å². The van der Waals surface area contributed by atoms with E-state index < -0.39 is 18.2 Å². The highest BCUT2D eigenvalue weighted by atomic mass is 16.5. The highest BCUT2D eigenvalue weighted by Crippen LogP contribution is 2.39. The van der Waals surface area contributed by atoms with Crippen LogP contribution < -0.4 is 10.6 Å². The molecule has 9 rings (SSSR count). The Hall–Kier alpha value is -6.54. The summed E-state index contributed by atoms with van der Waals surface area (Å²) in [5, 5.41) is 7.83. The molecule has 14 heteroatoms. The number of fused-ring (bicyclic) bond motifs is 3. The molecule has 64 heavy (non-hydrogen) atoms. The van der Waals surface area contributed by atoms with E-state index in [9.17, 15) is 19.2 Å². The molecule has 2 aliphatic heterocycles. The number of methoxy groups -OCH3 is 2. The molecule has 1 aliphatic carbocycles. The van der Waals surface area contributed by atoms with Gasteiger partial charge in [-0.05, 0) is 79.2 Å². The summed E-state index contributed by atoms with van der Waals surface area (Å²) in [6, 6.07) is 26.4. The van der Waals surface area contributed by atoms with Gasteiger partial charge in [0.25, 0.3) is 0 Å². The van der Waals surface area contributed by atoms with Crippen LogP contribution in [0.1, 0.15) is 87.0 Å². The zero-order valence-electron chi connectivity index (χ0n) is 37.0. The first-order chi connectivity index (χ1) is 31.0.